The molecule has 0 aliphatic heterocycles. The van der Waals surface area contributed by atoms with Crippen LogP contribution in [0.3, 0.4) is 0 Å². The molecule has 0 aromatic heterocycles. The predicted molar refractivity (Wildman–Crippen MR) is 94.5 cm³/mol. The summed E-state index contributed by atoms with van der Waals surface area (Å²) in [5.41, 5.74) is 3.65. The van der Waals surface area contributed by atoms with Gasteiger partial charge in [-0.05, 0) is 42.0 Å². The minimum absolute atomic E-state index is 0.452. The molecule has 0 spiro atoms. The lowest BCUT2D eigenvalue weighted by atomic mass is 10.2. The normalized spacial score (nSPS) is 10.2. The average molecular weight is 311 g/mol. The second kappa shape index (κ2) is 8.59. The number of hydrogen-bond acceptors (Lipinski definition) is 3. The molecule has 2 aromatic carbocycles. The van der Waals surface area contributed by atoms with Gasteiger partial charge in [0, 0.05) is 6.54 Å². The van der Waals surface area contributed by atoms with E-state index in [-0.39, 0.29) is 0 Å². The third-order valence-electron chi connectivity index (χ3n) is 2.62. The van der Waals surface area contributed by atoms with Crippen molar-refractivity contribution in [2.45, 2.75) is 0 Å². The van der Waals surface area contributed by atoms with Gasteiger partial charge in [-0.15, -0.1) is 6.58 Å². The summed E-state index contributed by atoms with van der Waals surface area (Å²) in [4.78, 5) is 0. The highest BCUT2D eigenvalue weighted by Crippen LogP contribution is 2.21. The van der Waals surface area contributed by atoms with E-state index in [0.717, 1.165) is 17.1 Å². The molecule has 2 N–H and O–H groups in total. The number of benzene rings is 2. The van der Waals surface area contributed by atoms with Crippen LogP contribution in [0.2, 0.25) is 0 Å². The molecule has 2 rings (SSSR count). The van der Waals surface area contributed by atoms with E-state index in [9.17, 15) is 0 Å². The number of hydrogen-bond donors (Lipinski definition) is 2. The van der Waals surface area contributed by atoms with Gasteiger partial charge in [-0.3, -0.25) is 5.43 Å². The van der Waals surface area contributed by atoms with Crippen molar-refractivity contribution in [1.29, 1.82) is 0 Å². The predicted octanol–water partition coefficient (Wildman–Crippen LogP) is 3.46. The highest BCUT2D eigenvalue weighted by atomic mass is 32.1. The van der Waals surface area contributed by atoms with Crippen LogP contribution in [0.4, 0.5) is 0 Å². The van der Waals surface area contributed by atoms with Crippen LogP contribution in [-0.2, 0) is 0 Å². The van der Waals surface area contributed by atoms with Crippen molar-refractivity contribution in [2.24, 2.45) is 5.10 Å². The molecule has 0 radical (unpaired) electrons. The summed E-state index contributed by atoms with van der Waals surface area (Å²) >= 11 is 5.04. The Morgan fingerprint density at radius 1 is 1.14 bits per heavy atom. The van der Waals surface area contributed by atoms with Gasteiger partial charge in [-0.1, -0.05) is 36.4 Å². The number of ether oxygens (including phenoxy) is 1. The fourth-order valence-electron chi connectivity index (χ4n) is 1.65. The first-order chi connectivity index (χ1) is 10.8. The molecule has 5 heteroatoms. The van der Waals surface area contributed by atoms with Crippen LogP contribution in [0, 0.1) is 0 Å². The third kappa shape index (κ3) is 5.38. The van der Waals surface area contributed by atoms with Crippen molar-refractivity contribution >= 4 is 23.5 Å². The lowest BCUT2D eigenvalue weighted by Crippen LogP contribution is -2.31. The molecule has 0 saturated heterocycles. The first-order valence-electron chi connectivity index (χ1n) is 6.78. The molecule has 0 aliphatic rings. The molecular formula is C17H17N3OS. The van der Waals surface area contributed by atoms with Crippen LogP contribution >= 0.6 is 12.2 Å². The minimum atomic E-state index is 0.452. The van der Waals surface area contributed by atoms with Crippen LogP contribution in [0.1, 0.15) is 5.56 Å². The van der Waals surface area contributed by atoms with Gasteiger partial charge in [-0.2, -0.15) is 5.10 Å². The van der Waals surface area contributed by atoms with Gasteiger partial charge < -0.3 is 10.1 Å². The summed E-state index contributed by atoms with van der Waals surface area (Å²) in [6, 6.07) is 17.3. The van der Waals surface area contributed by atoms with E-state index in [0.29, 0.717) is 11.7 Å². The van der Waals surface area contributed by atoms with Gasteiger partial charge >= 0.3 is 0 Å². The van der Waals surface area contributed by atoms with Gasteiger partial charge in [0.05, 0.1) is 6.21 Å². The van der Waals surface area contributed by atoms with Crippen LogP contribution in [-0.4, -0.2) is 17.9 Å². The van der Waals surface area contributed by atoms with Crippen molar-refractivity contribution < 1.29 is 4.74 Å². The van der Waals surface area contributed by atoms with Gasteiger partial charge in [0.2, 0.25) is 0 Å². The second-order valence-electron chi connectivity index (χ2n) is 4.36. The molecular weight excluding hydrogens is 294 g/mol. The summed E-state index contributed by atoms with van der Waals surface area (Å²) in [7, 11) is 0. The second-order valence-corrected chi connectivity index (χ2v) is 4.76. The largest absolute Gasteiger partial charge is 0.457 e. The Balaban J connectivity index is 1.93. The fourth-order valence-corrected chi connectivity index (χ4v) is 1.79. The maximum atomic E-state index is 5.77. The van der Waals surface area contributed by atoms with Gasteiger partial charge in [0.25, 0.3) is 0 Å². The van der Waals surface area contributed by atoms with E-state index in [2.05, 4.69) is 22.4 Å². The smallest absolute Gasteiger partial charge is 0.187 e. The average Bonchev–Trinajstić information content (AvgIpc) is 2.54. The van der Waals surface area contributed by atoms with Crippen molar-refractivity contribution in [3.8, 4) is 11.5 Å². The summed E-state index contributed by atoms with van der Waals surface area (Å²) in [6.45, 7) is 4.20. The first kappa shape index (κ1) is 15.7. The maximum absolute atomic E-state index is 5.77. The zero-order valence-corrected chi connectivity index (χ0v) is 12.8. The van der Waals surface area contributed by atoms with Crippen molar-refractivity contribution in [2.75, 3.05) is 6.54 Å². The highest BCUT2D eigenvalue weighted by Gasteiger charge is 1.97. The van der Waals surface area contributed by atoms with E-state index < -0.39 is 0 Å². The molecule has 0 amide bonds. The molecule has 2 aromatic rings. The Labute approximate surface area is 135 Å². The lowest BCUT2D eigenvalue weighted by molar-refractivity contribution is 0.482. The van der Waals surface area contributed by atoms with Crippen LogP contribution < -0.4 is 15.5 Å². The number of hydrazone groups is 1. The van der Waals surface area contributed by atoms with Crippen LogP contribution in [0.5, 0.6) is 11.5 Å². The van der Waals surface area contributed by atoms with Crippen molar-refractivity contribution in [1.82, 2.24) is 10.7 Å². The van der Waals surface area contributed by atoms with E-state index in [1.165, 1.54) is 0 Å². The van der Waals surface area contributed by atoms with Crippen molar-refractivity contribution in [3.63, 3.8) is 0 Å². The molecule has 0 fully saturated rings. The highest BCUT2D eigenvalue weighted by molar-refractivity contribution is 7.80. The molecule has 4 nitrogen and oxygen atoms in total. The Kier molecular flexibility index (Phi) is 6.14. The number of nitrogens with zero attached hydrogens (tertiary/aromatic N) is 1. The number of rotatable bonds is 6. The topological polar surface area (TPSA) is 45.7 Å². The zero-order chi connectivity index (χ0) is 15.6. The van der Waals surface area contributed by atoms with Gasteiger partial charge in [0.1, 0.15) is 11.5 Å². The summed E-state index contributed by atoms with van der Waals surface area (Å²) in [5.74, 6) is 1.55. The van der Waals surface area contributed by atoms with Crippen LogP contribution in [0.15, 0.2) is 72.4 Å². The van der Waals surface area contributed by atoms with E-state index >= 15 is 0 Å². The van der Waals surface area contributed by atoms with Crippen LogP contribution in [0.25, 0.3) is 0 Å². The monoisotopic (exact) mass is 311 g/mol. The number of thiocarbonyl (C=S) groups is 1. The standard InChI is InChI=1S/C17H17N3OS/c1-2-11-18-17(22)20-19-13-14-7-6-10-16(12-14)21-15-8-4-3-5-9-15/h2-10,12-13H,1,11H2,(H2,18,20,22). The Morgan fingerprint density at radius 2 is 1.91 bits per heavy atom. The molecule has 22 heavy (non-hydrogen) atoms. The van der Waals surface area contributed by atoms with E-state index in [4.69, 9.17) is 17.0 Å². The molecule has 0 saturated carbocycles. The number of para-hydroxylation sites is 1. The Hall–Kier alpha value is -2.66. The molecule has 0 heterocycles. The first-order valence-corrected chi connectivity index (χ1v) is 7.19. The molecule has 0 atom stereocenters. The summed E-state index contributed by atoms with van der Waals surface area (Å²) in [5, 5.41) is 7.45. The summed E-state index contributed by atoms with van der Waals surface area (Å²) < 4.78 is 5.77. The fraction of sp³-hybridized carbons (Fsp3) is 0.0588. The quantitative estimate of drug-likeness (QED) is 0.371. The van der Waals surface area contributed by atoms with Crippen molar-refractivity contribution in [3.05, 3.63) is 72.8 Å². The maximum Gasteiger partial charge on any atom is 0.187 e. The van der Waals surface area contributed by atoms with E-state index in [1.54, 1.807) is 12.3 Å². The Morgan fingerprint density at radius 3 is 2.68 bits per heavy atom. The molecule has 112 valence electrons. The van der Waals surface area contributed by atoms with Gasteiger partial charge in [-0.25, -0.2) is 0 Å². The Bertz CT molecular complexity index is 656. The van der Waals surface area contributed by atoms with E-state index in [1.807, 2.05) is 54.6 Å². The minimum Gasteiger partial charge on any atom is -0.457 e. The third-order valence-corrected chi connectivity index (χ3v) is 2.86. The SMILES string of the molecule is C=CCNC(=S)NN=Cc1cccc(Oc2ccccc2)c1. The molecule has 0 aliphatic carbocycles. The van der Waals surface area contributed by atoms with Gasteiger partial charge in [0.15, 0.2) is 5.11 Å². The molecule has 0 bridgehead atoms. The summed E-state index contributed by atoms with van der Waals surface area (Å²) in [6.07, 6.45) is 3.40. The number of nitrogens with one attached hydrogen (secondary N) is 2. The zero-order valence-electron chi connectivity index (χ0n) is 12.0. The molecule has 0 unspecified atom stereocenters. The lowest BCUT2D eigenvalue weighted by Gasteiger charge is -2.06.